The van der Waals surface area contributed by atoms with Crippen LogP contribution in [0, 0.1) is 5.82 Å². The standard InChI is InChI=1S/C6H7FN4O3/c7-3-1-11(2-4(12)10-8)6(14)9-5(3)13/h1H,2,8H2,(H,10,12)(H,9,13,14). The normalized spacial score (nSPS) is 9.86. The van der Waals surface area contributed by atoms with Gasteiger partial charge in [0.05, 0.1) is 6.20 Å². The van der Waals surface area contributed by atoms with Gasteiger partial charge >= 0.3 is 5.69 Å². The van der Waals surface area contributed by atoms with Crippen molar-refractivity contribution < 1.29 is 9.18 Å². The maximum Gasteiger partial charge on any atom is 0.328 e. The van der Waals surface area contributed by atoms with Gasteiger partial charge < -0.3 is 0 Å². The van der Waals surface area contributed by atoms with Crippen LogP contribution in [0.4, 0.5) is 4.39 Å². The maximum absolute atomic E-state index is 12.6. The van der Waals surface area contributed by atoms with Crippen molar-refractivity contribution in [3.8, 4) is 0 Å². The number of carbonyl (C=O) groups is 1. The molecule has 0 unspecified atom stereocenters. The molecule has 1 rings (SSSR count). The monoisotopic (exact) mass is 202 g/mol. The molecule has 0 aliphatic carbocycles. The van der Waals surface area contributed by atoms with Crippen LogP contribution in [0.15, 0.2) is 15.8 Å². The number of hydrogen-bond acceptors (Lipinski definition) is 4. The summed E-state index contributed by atoms with van der Waals surface area (Å²) in [6.07, 6.45) is 0.635. The number of aromatic nitrogens is 2. The second kappa shape index (κ2) is 3.83. The summed E-state index contributed by atoms with van der Waals surface area (Å²) < 4.78 is 13.3. The van der Waals surface area contributed by atoms with Crippen LogP contribution in [0.25, 0.3) is 0 Å². The summed E-state index contributed by atoms with van der Waals surface area (Å²) >= 11 is 0. The minimum atomic E-state index is -1.14. The summed E-state index contributed by atoms with van der Waals surface area (Å²) in [5.74, 6) is 2.93. The topological polar surface area (TPSA) is 110 Å². The number of halogens is 1. The highest BCUT2D eigenvalue weighted by molar-refractivity contribution is 5.74. The highest BCUT2D eigenvalue weighted by atomic mass is 19.1. The third-order valence-corrected chi connectivity index (χ3v) is 1.44. The van der Waals surface area contributed by atoms with Gasteiger partial charge in [-0.3, -0.25) is 24.6 Å². The van der Waals surface area contributed by atoms with Gasteiger partial charge in [0.2, 0.25) is 5.82 Å². The van der Waals surface area contributed by atoms with E-state index in [1.54, 1.807) is 10.4 Å². The Bertz CT molecular complexity index is 463. The number of hydrogen-bond donors (Lipinski definition) is 3. The summed E-state index contributed by atoms with van der Waals surface area (Å²) in [7, 11) is 0. The number of nitrogens with zero attached hydrogens (tertiary/aromatic N) is 1. The molecule has 0 bridgehead atoms. The fourth-order valence-electron chi connectivity index (χ4n) is 0.801. The lowest BCUT2D eigenvalue weighted by molar-refractivity contribution is -0.121. The van der Waals surface area contributed by atoms with Crippen molar-refractivity contribution >= 4 is 5.91 Å². The number of rotatable bonds is 2. The number of carbonyl (C=O) groups excluding carboxylic acids is 1. The lowest BCUT2D eigenvalue weighted by atomic mass is 10.5. The molecule has 14 heavy (non-hydrogen) atoms. The molecule has 7 nitrogen and oxygen atoms in total. The lowest BCUT2D eigenvalue weighted by Gasteiger charge is -2.02. The predicted molar refractivity (Wildman–Crippen MR) is 43.6 cm³/mol. The molecule has 0 spiro atoms. The minimum Gasteiger partial charge on any atom is -0.293 e. The van der Waals surface area contributed by atoms with Gasteiger partial charge in [-0.2, -0.15) is 4.39 Å². The third kappa shape index (κ3) is 2.04. The van der Waals surface area contributed by atoms with Crippen LogP contribution in [-0.2, 0) is 11.3 Å². The smallest absolute Gasteiger partial charge is 0.293 e. The van der Waals surface area contributed by atoms with Gasteiger partial charge in [0.25, 0.3) is 11.5 Å². The van der Waals surface area contributed by atoms with Gasteiger partial charge in [0.1, 0.15) is 6.54 Å². The molecule has 0 saturated carbocycles. The van der Waals surface area contributed by atoms with Crippen molar-refractivity contribution in [3.63, 3.8) is 0 Å². The Balaban J connectivity index is 3.11. The average molecular weight is 202 g/mol. The fourth-order valence-corrected chi connectivity index (χ4v) is 0.801. The molecule has 0 aliphatic heterocycles. The first kappa shape index (κ1) is 10.1. The van der Waals surface area contributed by atoms with Crippen molar-refractivity contribution in [3.05, 3.63) is 32.9 Å². The molecule has 76 valence electrons. The first-order chi connectivity index (χ1) is 6.54. The van der Waals surface area contributed by atoms with Crippen molar-refractivity contribution in [1.82, 2.24) is 15.0 Å². The van der Waals surface area contributed by atoms with E-state index in [4.69, 9.17) is 5.84 Å². The predicted octanol–water partition coefficient (Wildman–Crippen LogP) is -2.33. The van der Waals surface area contributed by atoms with E-state index in [1.165, 1.54) is 0 Å². The molecule has 0 radical (unpaired) electrons. The van der Waals surface area contributed by atoms with Gasteiger partial charge in [-0.1, -0.05) is 0 Å². The van der Waals surface area contributed by atoms with Crippen LogP contribution in [0.1, 0.15) is 0 Å². The van der Waals surface area contributed by atoms with Crippen LogP contribution in [0.2, 0.25) is 0 Å². The second-order valence-corrected chi connectivity index (χ2v) is 2.43. The minimum absolute atomic E-state index is 0.455. The zero-order valence-electron chi connectivity index (χ0n) is 6.91. The number of nitrogens with two attached hydrogens (primary N) is 1. The Morgan fingerprint density at radius 1 is 1.64 bits per heavy atom. The fraction of sp³-hybridized carbons (Fsp3) is 0.167. The molecule has 1 amide bonds. The molecular formula is C6H7FN4O3. The third-order valence-electron chi connectivity index (χ3n) is 1.44. The summed E-state index contributed by atoms with van der Waals surface area (Å²) in [6, 6.07) is 0. The van der Waals surface area contributed by atoms with Crippen LogP contribution >= 0.6 is 0 Å². The molecule has 8 heteroatoms. The quantitative estimate of drug-likeness (QED) is 0.283. The second-order valence-electron chi connectivity index (χ2n) is 2.43. The SMILES string of the molecule is NNC(=O)Cn1cc(F)c(=O)[nH]c1=O. The summed E-state index contributed by atoms with van der Waals surface area (Å²) in [5.41, 5.74) is -0.239. The first-order valence-electron chi connectivity index (χ1n) is 3.53. The first-order valence-corrected chi connectivity index (χ1v) is 3.53. The largest absolute Gasteiger partial charge is 0.328 e. The maximum atomic E-state index is 12.6. The van der Waals surface area contributed by atoms with E-state index < -0.39 is 29.5 Å². The van der Waals surface area contributed by atoms with Crippen LogP contribution in [0.3, 0.4) is 0 Å². The van der Waals surface area contributed by atoms with Gasteiger partial charge in [-0.05, 0) is 0 Å². The number of amides is 1. The molecule has 1 aromatic rings. The molecule has 0 aliphatic rings. The zero-order chi connectivity index (χ0) is 10.7. The van der Waals surface area contributed by atoms with Gasteiger partial charge in [-0.25, -0.2) is 10.6 Å². The van der Waals surface area contributed by atoms with Gasteiger partial charge in [0, 0.05) is 0 Å². The van der Waals surface area contributed by atoms with E-state index in [-0.39, 0.29) is 0 Å². The van der Waals surface area contributed by atoms with Crippen molar-refractivity contribution in [2.45, 2.75) is 6.54 Å². The molecule has 1 aromatic heterocycles. The molecule has 1 heterocycles. The van der Waals surface area contributed by atoms with E-state index in [2.05, 4.69) is 0 Å². The molecule has 0 saturated heterocycles. The number of aromatic amines is 1. The van der Waals surface area contributed by atoms with Crippen molar-refractivity contribution in [1.29, 1.82) is 0 Å². The van der Waals surface area contributed by atoms with E-state index in [0.717, 1.165) is 0 Å². The van der Waals surface area contributed by atoms with Crippen LogP contribution in [-0.4, -0.2) is 15.5 Å². The van der Waals surface area contributed by atoms with E-state index in [1.807, 2.05) is 0 Å². The average Bonchev–Trinajstić information content (AvgIpc) is 2.14. The Morgan fingerprint density at radius 2 is 2.29 bits per heavy atom. The Kier molecular flexibility index (Phi) is 2.77. The summed E-state index contributed by atoms with van der Waals surface area (Å²) in [5, 5.41) is 0. The lowest BCUT2D eigenvalue weighted by Crippen LogP contribution is -2.39. The molecule has 0 fully saturated rings. The number of H-pyrrole nitrogens is 1. The summed E-state index contributed by atoms with van der Waals surface area (Å²) in [4.78, 5) is 34.0. The molecular weight excluding hydrogens is 195 g/mol. The Labute approximate surface area is 76.3 Å². The van der Waals surface area contributed by atoms with Crippen molar-refractivity contribution in [2.24, 2.45) is 5.84 Å². The Hall–Kier alpha value is -1.96. The Morgan fingerprint density at radius 3 is 2.86 bits per heavy atom. The highest BCUT2D eigenvalue weighted by Gasteiger charge is 2.06. The van der Waals surface area contributed by atoms with E-state index >= 15 is 0 Å². The number of nitrogens with one attached hydrogen (secondary N) is 2. The molecule has 4 N–H and O–H groups in total. The summed E-state index contributed by atoms with van der Waals surface area (Å²) in [6.45, 7) is -0.455. The van der Waals surface area contributed by atoms with Gasteiger partial charge in [-0.15, -0.1) is 0 Å². The molecule has 0 atom stereocenters. The number of hydrazine groups is 1. The van der Waals surface area contributed by atoms with E-state index in [9.17, 15) is 18.8 Å². The van der Waals surface area contributed by atoms with Crippen LogP contribution < -0.4 is 22.5 Å². The van der Waals surface area contributed by atoms with Gasteiger partial charge in [0.15, 0.2) is 0 Å². The van der Waals surface area contributed by atoms with Crippen molar-refractivity contribution in [2.75, 3.05) is 0 Å². The molecule has 0 aromatic carbocycles. The van der Waals surface area contributed by atoms with E-state index in [0.29, 0.717) is 10.8 Å². The zero-order valence-corrected chi connectivity index (χ0v) is 6.91. The van der Waals surface area contributed by atoms with Crippen LogP contribution in [0.5, 0.6) is 0 Å². The highest BCUT2D eigenvalue weighted by Crippen LogP contribution is 1.83.